The predicted octanol–water partition coefficient (Wildman–Crippen LogP) is 16.1. The molecule has 326 valence electrons. The Morgan fingerprint density at radius 2 is 0.789 bits per heavy atom. The Kier molecular flexibility index (Phi) is 47.1. The third kappa shape index (κ3) is 47.6. The highest BCUT2D eigenvalue weighted by Gasteiger charge is 2.13. The van der Waals surface area contributed by atoms with Crippen molar-refractivity contribution in [2.45, 2.75) is 213 Å². The Bertz CT molecular complexity index is 1060. The van der Waals surface area contributed by atoms with E-state index >= 15 is 0 Å². The van der Waals surface area contributed by atoms with Crippen molar-refractivity contribution in [3.63, 3.8) is 0 Å². The van der Waals surface area contributed by atoms with Crippen molar-refractivity contribution >= 4 is 5.97 Å². The Hall–Kier alpha value is -2.69. The summed E-state index contributed by atoms with van der Waals surface area (Å²) in [5, 5.41) is 9.63. The van der Waals surface area contributed by atoms with Gasteiger partial charge in [0.05, 0.1) is 13.2 Å². The Labute approximate surface area is 353 Å². The van der Waals surface area contributed by atoms with Gasteiger partial charge < -0.3 is 14.6 Å². The van der Waals surface area contributed by atoms with Crippen LogP contribution in [0.15, 0.2) is 97.2 Å². The number of allylic oxidation sites excluding steroid dienone is 16. The fourth-order valence-corrected chi connectivity index (χ4v) is 6.36. The summed E-state index contributed by atoms with van der Waals surface area (Å²) in [5.74, 6) is -0.217. The van der Waals surface area contributed by atoms with E-state index in [2.05, 4.69) is 111 Å². The monoisotopic (exact) mass is 791 g/mol. The summed E-state index contributed by atoms with van der Waals surface area (Å²) in [7, 11) is 0. The molecule has 0 bridgehead atoms. The lowest BCUT2D eigenvalue weighted by Gasteiger charge is -2.15. The van der Waals surface area contributed by atoms with Crippen molar-refractivity contribution in [2.75, 3.05) is 19.8 Å². The summed E-state index contributed by atoms with van der Waals surface area (Å²) in [6.07, 6.45) is 70.5. The lowest BCUT2D eigenvalue weighted by Crippen LogP contribution is -2.27. The normalized spacial score (nSPS) is 13.2. The number of unbranched alkanes of at least 4 members (excludes halogenated alkanes) is 19. The third-order valence-electron chi connectivity index (χ3n) is 9.89. The van der Waals surface area contributed by atoms with E-state index in [0.717, 1.165) is 77.0 Å². The first-order chi connectivity index (χ1) is 28.2. The van der Waals surface area contributed by atoms with Gasteiger partial charge in [0.2, 0.25) is 0 Å². The zero-order valence-electron chi connectivity index (χ0n) is 37.3. The van der Waals surface area contributed by atoms with Gasteiger partial charge in [-0.05, 0) is 96.3 Å². The van der Waals surface area contributed by atoms with Crippen molar-refractivity contribution in [3.8, 4) is 0 Å². The minimum Gasteiger partial charge on any atom is -0.457 e. The molecule has 1 unspecified atom stereocenters. The summed E-state index contributed by atoms with van der Waals surface area (Å²) >= 11 is 0. The molecule has 0 aliphatic carbocycles. The summed E-state index contributed by atoms with van der Waals surface area (Å²) in [5.41, 5.74) is 0. The van der Waals surface area contributed by atoms with Gasteiger partial charge in [-0.15, -0.1) is 0 Å². The van der Waals surface area contributed by atoms with Crippen LogP contribution in [-0.4, -0.2) is 37.0 Å². The van der Waals surface area contributed by atoms with Gasteiger partial charge in [-0.3, -0.25) is 4.79 Å². The maximum absolute atomic E-state index is 12.3. The number of rotatable bonds is 43. The Morgan fingerprint density at radius 3 is 1.19 bits per heavy atom. The molecule has 0 heterocycles. The van der Waals surface area contributed by atoms with Crippen LogP contribution in [0.2, 0.25) is 0 Å². The summed E-state index contributed by atoms with van der Waals surface area (Å²) in [6, 6.07) is 0. The number of aliphatic hydroxyl groups is 1. The van der Waals surface area contributed by atoms with Crippen molar-refractivity contribution < 1.29 is 19.4 Å². The van der Waals surface area contributed by atoms with Gasteiger partial charge >= 0.3 is 5.97 Å². The molecule has 0 aromatic heterocycles. The quantitative estimate of drug-likeness (QED) is 0.0380. The van der Waals surface area contributed by atoms with E-state index in [-0.39, 0.29) is 19.2 Å². The topological polar surface area (TPSA) is 55.8 Å². The van der Waals surface area contributed by atoms with E-state index < -0.39 is 6.10 Å². The molecule has 0 amide bonds. The lowest BCUT2D eigenvalue weighted by molar-refractivity contribution is -0.154. The number of carbonyl (C=O) groups excluding carboxylic acids is 1. The molecule has 0 aliphatic heterocycles. The van der Waals surface area contributed by atoms with E-state index in [9.17, 15) is 9.90 Å². The fraction of sp³-hybridized carbons (Fsp3) is 0.679. The lowest BCUT2D eigenvalue weighted by atomic mass is 10.0. The summed E-state index contributed by atoms with van der Waals surface area (Å²) in [6.45, 7) is 5.16. The summed E-state index contributed by atoms with van der Waals surface area (Å²) in [4.78, 5) is 12.3. The molecule has 0 fully saturated rings. The minimum atomic E-state index is -0.557. The molecule has 0 aromatic rings. The first-order valence-electron chi connectivity index (χ1n) is 23.8. The van der Waals surface area contributed by atoms with Crippen LogP contribution >= 0.6 is 0 Å². The van der Waals surface area contributed by atoms with E-state index in [1.807, 2.05) is 0 Å². The zero-order chi connectivity index (χ0) is 41.2. The van der Waals surface area contributed by atoms with Gasteiger partial charge in [0.1, 0.15) is 6.10 Å². The number of ether oxygens (including phenoxy) is 2. The van der Waals surface area contributed by atoms with Gasteiger partial charge in [-0.25, -0.2) is 0 Å². The van der Waals surface area contributed by atoms with Gasteiger partial charge in [0.15, 0.2) is 0 Å². The number of hydrogen-bond acceptors (Lipinski definition) is 4. The van der Waals surface area contributed by atoms with E-state index in [0.29, 0.717) is 13.0 Å². The maximum atomic E-state index is 12.3. The molecule has 0 saturated heterocycles. The highest BCUT2D eigenvalue weighted by Crippen LogP contribution is 2.13. The van der Waals surface area contributed by atoms with Gasteiger partial charge in [0, 0.05) is 13.0 Å². The SMILES string of the molecule is CC/C=C\C/C=C\C/C=C\C/C=C\C/C=C\CCCCCCOCC(CO)OC(=O)CCCCCCCCCCCC/C=C\C/C=C\C/C=C\CCCCCCC. The molecule has 0 rings (SSSR count). The van der Waals surface area contributed by atoms with Crippen LogP contribution in [-0.2, 0) is 14.3 Å². The average Bonchev–Trinajstić information content (AvgIpc) is 3.22. The van der Waals surface area contributed by atoms with Gasteiger partial charge in [-0.1, -0.05) is 201 Å². The molecule has 1 N–H and O–H groups in total. The predicted molar refractivity (Wildman–Crippen MR) is 251 cm³/mol. The largest absolute Gasteiger partial charge is 0.457 e. The van der Waals surface area contributed by atoms with Crippen molar-refractivity contribution in [2.24, 2.45) is 0 Å². The van der Waals surface area contributed by atoms with Crippen LogP contribution < -0.4 is 0 Å². The van der Waals surface area contributed by atoms with Gasteiger partial charge in [0.25, 0.3) is 0 Å². The second kappa shape index (κ2) is 49.5. The smallest absolute Gasteiger partial charge is 0.306 e. The molecule has 4 nitrogen and oxygen atoms in total. The van der Waals surface area contributed by atoms with Crippen molar-refractivity contribution in [3.05, 3.63) is 97.2 Å². The molecule has 57 heavy (non-hydrogen) atoms. The second-order valence-electron chi connectivity index (χ2n) is 15.4. The number of carbonyl (C=O) groups is 1. The average molecular weight is 791 g/mol. The van der Waals surface area contributed by atoms with Crippen molar-refractivity contribution in [1.29, 1.82) is 0 Å². The Balaban J connectivity index is 3.52. The van der Waals surface area contributed by atoms with E-state index in [4.69, 9.17) is 9.47 Å². The first kappa shape index (κ1) is 54.3. The molecule has 0 spiro atoms. The molecule has 0 saturated carbocycles. The van der Waals surface area contributed by atoms with E-state index in [1.54, 1.807) is 0 Å². The zero-order valence-corrected chi connectivity index (χ0v) is 37.3. The molecule has 0 aromatic carbocycles. The molecule has 0 aliphatic rings. The number of hydrogen-bond donors (Lipinski definition) is 1. The van der Waals surface area contributed by atoms with Crippen LogP contribution in [0.5, 0.6) is 0 Å². The summed E-state index contributed by atoms with van der Waals surface area (Å²) < 4.78 is 11.2. The molecule has 4 heteroatoms. The molecular weight excluding hydrogens is 701 g/mol. The fourth-order valence-electron chi connectivity index (χ4n) is 6.36. The highest BCUT2D eigenvalue weighted by molar-refractivity contribution is 5.69. The van der Waals surface area contributed by atoms with Crippen LogP contribution in [0.1, 0.15) is 206 Å². The van der Waals surface area contributed by atoms with Crippen LogP contribution in [0.3, 0.4) is 0 Å². The van der Waals surface area contributed by atoms with E-state index in [1.165, 1.54) is 109 Å². The minimum absolute atomic E-state index is 0.190. The highest BCUT2D eigenvalue weighted by atomic mass is 16.6. The maximum Gasteiger partial charge on any atom is 0.306 e. The van der Waals surface area contributed by atoms with Crippen LogP contribution in [0.4, 0.5) is 0 Å². The molecular formula is C53H90O4. The first-order valence-corrected chi connectivity index (χ1v) is 23.8. The van der Waals surface area contributed by atoms with Gasteiger partial charge in [-0.2, -0.15) is 0 Å². The third-order valence-corrected chi connectivity index (χ3v) is 9.89. The molecule has 0 radical (unpaired) electrons. The standard InChI is InChI=1S/C53H90O4/c1-3-5-7-9-11-13-15-17-19-21-23-25-26-27-28-29-30-32-34-36-38-40-42-44-46-48-53(55)57-52(50-54)51-56-49-47-45-43-41-39-37-35-33-31-24-22-20-18-16-14-12-10-8-6-4-2/h6,8,12,14-15,17-18,20-21,23-24,26-27,31,35,37,52,54H,3-5,7,9-11,13,16,19,22,25,28-30,32-34,36,38-51H2,1-2H3/b8-6-,14-12-,17-15-,20-18-,23-21-,27-26-,31-24-,37-35-. The number of esters is 1. The van der Waals surface area contributed by atoms with Crippen molar-refractivity contribution in [1.82, 2.24) is 0 Å². The molecule has 1 atom stereocenters. The number of aliphatic hydroxyl groups excluding tert-OH is 1. The van der Waals surface area contributed by atoms with Crippen LogP contribution in [0.25, 0.3) is 0 Å². The Morgan fingerprint density at radius 1 is 0.439 bits per heavy atom. The van der Waals surface area contributed by atoms with Crippen LogP contribution in [0, 0.1) is 0 Å². The second-order valence-corrected chi connectivity index (χ2v) is 15.4.